The molecule has 0 fully saturated rings. The Morgan fingerprint density at radius 2 is 1.85 bits per heavy atom. The van der Waals surface area contributed by atoms with E-state index in [1.165, 1.54) is 0 Å². The molecule has 1 atom stereocenters. The molecule has 0 saturated heterocycles. The van der Waals surface area contributed by atoms with E-state index in [0.29, 0.717) is 13.1 Å². The highest BCUT2D eigenvalue weighted by Crippen LogP contribution is 2.11. The van der Waals surface area contributed by atoms with Gasteiger partial charge in [0.2, 0.25) is 0 Å². The Balaban J connectivity index is 2.49. The summed E-state index contributed by atoms with van der Waals surface area (Å²) in [7, 11) is 0. The van der Waals surface area contributed by atoms with Crippen molar-refractivity contribution in [2.75, 3.05) is 13.1 Å². The quantitative estimate of drug-likeness (QED) is 0.745. The highest BCUT2D eigenvalue weighted by Gasteiger charge is 2.23. The van der Waals surface area contributed by atoms with Crippen molar-refractivity contribution in [3.63, 3.8) is 0 Å². The number of rotatable bonds is 8. The summed E-state index contributed by atoms with van der Waals surface area (Å²) in [5, 5.41) is 2.76. The Kier molecular flexibility index (Phi) is 8.96. The Morgan fingerprint density at radius 1 is 1.19 bits per heavy atom. The third-order valence-electron chi connectivity index (χ3n) is 3.50. The zero-order chi connectivity index (χ0) is 19.6. The summed E-state index contributed by atoms with van der Waals surface area (Å²) < 4.78 is 10.7. The number of nitrogens with zero attached hydrogens (tertiary/aromatic N) is 1. The fourth-order valence-electron chi connectivity index (χ4n) is 2.27. The number of amides is 2. The number of benzene rings is 1. The number of hydrogen-bond acceptors (Lipinski definition) is 4. The number of ether oxygens (including phenoxy) is 2. The maximum atomic E-state index is 12.4. The number of nitrogens with one attached hydrogen (secondary N) is 1. The van der Waals surface area contributed by atoms with Gasteiger partial charge >= 0.3 is 12.2 Å². The van der Waals surface area contributed by atoms with E-state index >= 15 is 0 Å². The Morgan fingerprint density at radius 3 is 2.42 bits per heavy atom. The van der Waals surface area contributed by atoms with Gasteiger partial charge in [-0.05, 0) is 39.7 Å². The molecule has 0 spiro atoms. The van der Waals surface area contributed by atoms with Crippen LogP contribution in [-0.2, 0) is 16.1 Å². The number of carbonyl (C=O) groups excluding carboxylic acids is 2. The van der Waals surface area contributed by atoms with Gasteiger partial charge in [0, 0.05) is 19.1 Å². The standard InChI is InChI=1S/C20H32N2O4/c1-6-7-13-22(19(24)26-20(3,4)5)14-16(2)21-18(23)25-15-17-11-9-8-10-12-17/h8-12,16H,6-7,13-15H2,1-5H3,(H,21,23)/t16-/m0/s1. The van der Waals surface area contributed by atoms with Crippen LogP contribution in [0, 0.1) is 0 Å². The van der Waals surface area contributed by atoms with Gasteiger partial charge in [-0.15, -0.1) is 0 Å². The minimum atomic E-state index is -0.549. The van der Waals surface area contributed by atoms with E-state index in [-0.39, 0.29) is 18.7 Å². The molecule has 0 bridgehead atoms. The highest BCUT2D eigenvalue weighted by atomic mass is 16.6. The highest BCUT2D eigenvalue weighted by molar-refractivity contribution is 5.69. The lowest BCUT2D eigenvalue weighted by Crippen LogP contribution is -2.46. The van der Waals surface area contributed by atoms with Crippen molar-refractivity contribution in [3.05, 3.63) is 35.9 Å². The van der Waals surface area contributed by atoms with Crippen molar-refractivity contribution in [2.45, 2.75) is 65.7 Å². The van der Waals surface area contributed by atoms with E-state index in [0.717, 1.165) is 18.4 Å². The van der Waals surface area contributed by atoms with Gasteiger partial charge in [0.1, 0.15) is 12.2 Å². The van der Waals surface area contributed by atoms with Crippen LogP contribution in [-0.4, -0.2) is 41.8 Å². The SMILES string of the molecule is CCCCN(C[C@H](C)NC(=O)OCc1ccccc1)C(=O)OC(C)(C)C. The minimum Gasteiger partial charge on any atom is -0.445 e. The van der Waals surface area contributed by atoms with Crippen LogP contribution < -0.4 is 5.32 Å². The van der Waals surface area contributed by atoms with Crippen LogP contribution in [0.2, 0.25) is 0 Å². The fraction of sp³-hybridized carbons (Fsp3) is 0.600. The topological polar surface area (TPSA) is 67.9 Å². The molecule has 1 aromatic carbocycles. The van der Waals surface area contributed by atoms with E-state index in [4.69, 9.17) is 9.47 Å². The summed E-state index contributed by atoms with van der Waals surface area (Å²) in [5.41, 5.74) is 0.376. The smallest absolute Gasteiger partial charge is 0.410 e. The van der Waals surface area contributed by atoms with Crippen molar-refractivity contribution in [2.24, 2.45) is 0 Å². The first-order valence-electron chi connectivity index (χ1n) is 9.16. The van der Waals surface area contributed by atoms with Crippen molar-refractivity contribution in [3.8, 4) is 0 Å². The predicted octanol–water partition coefficient (Wildman–Crippen LogP) is 4.34. The lowest BCUT2D eigenvalue weighted by molar-refractivity contribution is 0.0230. The summed E-state index contributed by atoms with van der Waals surface area (Å²) in [6.07, 6.45) is 0.989. The summed E-state index contributed by atoms with van der Waals surface area (Å²) in [6.45, 7) is 10.6. The van der Waals surface area contributed by atoms with Crippen molar-refractivity contribution in [1.29, 1.82) is 0 Å². The third-order valence-corrected chi connectivity index (χ3v) is 3.50. The first-order valence-corrected chi connectivity index (χ1v) is 9.16. The van der Waals surface area contributed by atoms with Gasteiger partial charge in [-0.3, -0.25) is 0 Å². The first kappa shape index (κ1) is 21.8. The zero-order valence-corrected chi connectivity index (χ0v) is 16.6. The maximum Gasteiger partial charge on any atom is 0.410 e. The lowest BCUT2D eigenvalue weighted by Gasteiger charge is -2.29. The monoisotopic (exact) mass is 364 g/mol. The lowest BCUT2D eigenvalue weighted by atomic mass is 10.2. The summed E-state index contributed by atoms with van der Waals surface area (Å²) in [6, 6.07) is 9.24. The average molecular weight is 364 g/mol. The largest absolute Gasteiger partial charge is 0.445 e. The molecule has 1 aromatic rings. The van der Waals surface area contributed by atoms with Gasteiger partial charge in [0.05, 0.1) is 0 Å². The molecule has 6 heteroatoms. The molecule has 0 saturated carbocycles. The van der Waals surface area contributed by atoms with Gasteiger partial charge in [-0.1, -0.05) is 43.7 Å². The van der Waals surface area contributed by atoms with E-state index in [1.807, 2.05) is 58.0 Å². The van der Waals surface area contributed by atoms with E-state index < -0.39 is 11.7 Å². The Hall–Kier alpha value is -2.24. The molecule has 0 aromatic heterocycles. The summed E-state index contributed by atoms with van der Waals surface area (Å²) >= 11 is 0. The van der Waals surface area contributed by atoms with Gasteiger partial charge in [-0.2, -0.15) is 0 Å². The van der Waals surface area contributed by atoms with Gasteiger partial charge in [-0.25, -0.2) is 9.59 Å². The molecule has 0 radical (unpaired) electrons. The van der Waals surface area contributed by atoms with Crippen molar-refractivity contribution in [1.82, 2.24) is 10.2 Å². The molecule has 2 amide bonds. The Bertz CT molecular complexity index is 555. The molecule has 0 aliphatic carbocycles. The molecule has 146 valence electrons. The molecule has 6 nitrogen and oxygen atoms in total. The van der Waals surface area contributed by atoms with Crippen LogP contribution >= 0.6 is 0 Å². The molecule has 1 N–H and O–H groups in total. The summed E-state index contributed by atoms with van der Waals surface area (Å²) in [4.78, 5) is 25.9. The second kappa shape index (κ2) is 10.7. The van der Waals surface area contributed by atoms with Crippen LogP contribution in [0.15, 0.2) is 30.3 Å². The molecule has 0 heterocycles. The second-order valence-electron chi connectivity index (χ2n) is 7.39. The number of unbranched alkanes of at least 4 members (excludes halogenated alkanes) is 1. The van der Waals surface area contributed by atoms with Crippen molar-refractivity contribution >= 4 is 12.2 Å². The van der Waals surface area contributed by atoms with Gasteiger partial charge < -0.3 is 19.7 Å². The fourth-order valence-corrected chi connectivity index (χ4v) is 2.27. The number of hydrogen-bond donors (Lipinski definition) is 1. The molecule has 0 unspecified atom stereocenters. The van der Waals surface area contributed by atoms with Gasteiger partial charge in [0.15, 0.2) is 0 Å². The van der Waals surface area contributed by atoms with E-state index in [1.54, 1.807) is 4.90 Å². The molecule has 0 aliphatic rings. The second-order valence-corrected chi connectivity index (χ2v) is 7.39. The molecule has 26 heavy (non-hydrogen) atoms. The van der Waals surface area contributed by atoms with Gasteiger partial charge in [0.25, 0.3) is 0 Å². The molecule has 0 aliphatic heterocycles. The van der Waals surface area contributed by atoms with Crippen LogP contribution in [0.5, 0.6) is 0 Å². The number of alkyl carbamates (subject to hydrolysis) is 1. The minimum absolute atomic E-state index is 0.213. The van der Waals surface area contributed by atoms with Crippen molar-refractivity contribution < 1.29 is 19.1 Å². The molecular formula is C20H32N2O4. The van der Waals surface area contributed by atoms with E-state index in [2.05, 4.69) is 12.2 Å². The van der Waals surface area contributed by atoms with E-state index in [9.17, 15) is 9.59 Å². The van der Waals surface area contributed by atoms with Crippen LogP contribution in [0.4, 0.5) is 9.59 Å². The number of carbonyl (C=O) groups is 2. The third kappa shape index (κ3) is 9.30. The molecule has 1 rings (SSSR count). The Labute approximate surface area is 156 Å². The predicted molar refractivity (Wildman–Crippen MR) is 102 cm³/mol. The first-order chi connectivity index (χ1) is 12.2. The normalized spacial score (nSPS) is 12.2. The van der Waals surface area contributed by atoms with Crippen LogP contribution in [0.3, 0.4) is 0 Å². The maximum absolute atomic E-state index is 12.4. The van der Waals surface area contributed by atoms with Crippen LogP contribution in [0.25, 0.3) is 0 Å². The molecular weight excluding hydrogens is 332 g/mol. The van der Waals surface area contributed by atoms with Crippen LogP contribution in [0.1, 0.15) is 53.0 Å². The zero-order valence-electron chi connectivity index (χ0n) is 16.6. The average Bonchev–Trinajstić information content (AvgIpc) is 2.56. The summed E-state index contributed by atoms with van der Waals surface area (Å²) in [5.74, 6) is 0.